The molecular formula is C9H11N3O2S. The van der Waals surface area contributed by atoms with Crippen molar-refractivity contribution in [3.05, 3.63) is 35.8 Å². The molecule has 6 heteroatoms. The number of hydrogen-bond acceptors (Lipinski definition) is 3. The molecule has 2 rings (SSSR count). The van der Waals surface area contributed by atoms with Crippen LogP contribution >= 0.6 is 0 Å². The summed E-state index contributed by atoms with van der Waals surface area (Å²) in [7, 11) is -3.52. The van der Waals surface area contributed by atoms with Gasteiger partial charge in [0.1, 0.15) is 11.4 Å². The molecule has 0 saturated carbocycles. The summed E-state index contributed by atoms with van der Waals surface area (Å²) in [4.78, 5) is 4.24. The number of primary sulfonamides is 1. The zero-order valence-electron chi connectivity index (χ0n) is 8.21. The summed E-state index contributed by atoms with van der Waals surface area (Å²) < 4.78 is 23.8. The second kappa shape index (κ2) is 3.32. The van der Waals surface area contributed by atoms with E-state index in [2.05, 4.69) is 4.98 Å². The third-order valence-electron chi connectivity index (χ3n) is 2.17. The molecule has 2 N–H and O–H groups in total. The van der Waals surface area contributed by atoms with Crippen LogP contribution < -0.4 is 5.14 Å². The fourth-order valence-corrected chi connectivity index (χ4v) is 2.26. The van der Waals surface area contributed by atoms with E-state index < -0.39 is 10.0 Å². The van der Waals surface area contributed by atoms with E-state index >= 15 is 0 Å². The molecule has 0 aromatic carbocycles. The molecule has 0 aliphatic carbocycles. The predicted octanol–water partition coefficient (Wildman–Crippen LogP) is 0.431. The van der Waals surface area contributed by atoms with Gasteiger partial charge in [0.15, 0.2) is 0 Å². The summed E-state index contributed by atoms with van der Waals surface area (Å²) in [6, 6.07) is 5.49. The predicted molar refractivity (Wildman–Crippen MR) is 56.7 cm³/mol. The van der Waals surface area contributed by atoms with E-state index in [4.69, 9.17) is 5.14 Å². The zero-order valence-corrected chi connectivity index (χ0v) is 9.03. The first-order valence-corrected chi connectivity index (χ1v) is 6.12. The molecule has 0 saturated heterocycles. The first-order chi connectivity index (χ1) is 6.97. The van der Waals surface area contributed by atoms with Crippen LogP contribution in [-0.2, 0) is 15.8 Å². The Labute approximate surface area is 87.6 Å². The van der Waals surface area contributed by atoms with Crippen molar-refractivity contribution in [3.8, 4) is 0 Å². The summed E-state index contributed by atoms with van der Waals surface area (Å²) in [5, 5.41) is 5.02. The van der Waals surface area contributed by atoms with Gasteiger partial charge in [-0.2, -0.15) is 0 Å². The van der Waals surface area contributed by atoms with Crippen LogP contribution in [0.15, 0.2) is 24.4 Å². The minimum Gasteiger partial charge on any atom is -0.303 e. The number of aryl methyl sites for hydroxylation is 1. The Morgan fingerprint density at radius 2 is 2.20 bits per heavy atom. The SMILES string of the molecule is Cc1nc2ccccn2c1CS(N)(=O)=O. The van der Waals surface area contributed by atoms with Crippen molar-refractivity contribution in [2.45, 2.75) is 12.7 Å². The van der Waals surface area contributed by atoms with Crippen LogP contribution in [0.3, 0.4) is 0 Å². The quantitative estimate of drug-likeness (QED) is 0.805. The Hall–Kier alpha value is -1.40. The average molecular weight is 225 g/mol. The van der Waals surface area contributed by atoms with E-state index in [1.54, 1.807) is 17.5 Å². The molecule has 0 amide bonds. The van der Waals surface area contributed by atoms with Crippen LogP contribution in [0, 0.1) is 6.92 Å². The van der Waals surface area contributed by atoms with Gasteiger partial charge < -0.3 is 4.40 Å². The molecule has 2 heterocycles. The van der Waals surface area contributed by atoms with Crippen LogP contribution in [0.25, 0.3) is 5.65 Å². The Morgan fingerprint density at radius 3 is 2.87 bits per heavy atom. The van der Waals surface area contributed by atoms with Gasteiger partial charge in [-0.15, -0.1) is 0 Å². The Kier molecular flexibility index (Phi) is 2.24. The molecule has 5 nitrogen and oxygen atoms in total. The van der Waals surface area contributed by atoms with Gasteiger partial charge in [-0.25, -0.2) is 18.5 Å². The highest BCUT2D eigenvalue weighted by molar-refractivity contribution is 7.88. The summed E-state index contributed by atoms with van der Waals surface area (Å²) in [5.41, 5.74) is 2.04. The van der Waals surface area contributed by atoms with Crippen molar-refractivity contribution in [1.82, 2.24) is 9.38 Å². The molecule has 0 aliphatic rings. The van der Waals surface area contributed by atoms with E-state index in [0.717, 1.165) is 5.65 Å². The van der Waals surface area contributed by atoms with Crippen molar-refractivity contribution in [1.29, 1.82) is 0 Å². The molecule has 0 spiro atoms. The number of fused-ring (bicyclic) bond motifs is 1. The Morgan fingerprint density at radius 1 is 1.47 bits per heavy atom. The van der Waals surface area contributed by atoms with Gasteiger partial charge in [0, 0.05) is 6.20 Å². The second-order valence-electron chi connectivity index (χ2n) is 3.38. The van der Waals surface area contributed by atoms with Crippen molar-refractivity contribution >= 4 is 15.7 Å². The van der Waals surface area contributed by atoms with Gasteiger partial charge in [0.05, 0.1) is 11.4 Å². The van der Waals surface area contributed by atoms with E-state index in [0.29, 0.717) is 11.4 Å². The summed E-state index contributed by atoms with van der Waals surface area (Å²) >= 11 is 0. The largest absolute Gasteiger partial charge is 0.303 e. The lowest BCUT2D eigenvalue weighted by Crippen LogP contribution is -2.16. The zero-order chi connectivity index (χ0) is 11.1. The van der Waals surface area contributed by atoms with Crippen LogP contribution in [-0.4, -0.2) is 17.8 Å². The van der Waals surface area contributed by atoms with Crippen LogP contribution in [0.1, 0.15) is 11.4 Å². The maximum atomic E-state index is 11.0. The molecular weight excluding hydrogens is 214 g/mol. The number of nitrogens with two attached hydrogens (primary N) is 1. The molecule has 0 bridgehead atoms. The Bertz CT molecular complexity index is 601. The average Bonchev–Trinajstić information content (AvgIpc) is 2.41. The lowest BCUT2D eigenvalue weighted by atomic mass is 10.4. The number of pyridine rings is 1. The van der Waals surface area contributed by atoms with Gasteiger partial charge in [-0.05, 0) is 19.1 Å². The first kappa shape index (κ1) is 10.1. The summed E-state index contributed by atoms with van der Waals surface area (Å²) in [6.07, 6.45) is 1.77. The van der Waals surface area contributed by atoms with Crippen molar-refractivity contribution in [2.24, 2.45) is 5.14 Å². The number of nitrogens with zero attached hydrogens (tertiary/aromatic N) is 2. The number of hydrogen-bond donors (Lipinski definition) is 1. The van der Waals surface area contributed by atoms with Gasteiger partial charge in [-0.1, -0.05) is 6.07 Å². The standard InChI is InChI=1S/C9H11N3O2S/c1-7-8(6-15(10,13)14)12-5-3-2-4-9(12)11-7/h2-5H,6H2,1H3,(H2,10,13,14). The fraction of sp³-hybridized carbons (Fsp3) is 0.222. The number of imidazole rings is 1. The van der Waals surface area contributed by atoms with Gasteiger partial charge in [0.2, 0.25) is 10.0 Å². The second-order valence-corrected chi connectivity index (χ2v) is 4.99. The third kappa shape index (κ3) is 2.00. The highest BCUT2D eigenvalue weighted by Gasteiger charge is 2.13. The van der Waals surface area contributed by atoms with Gasteiger partial charge >= 0.3 is 0 Å². The maximum Gasteiger partial charge on any atom is 0.214 e. The number of aromatic nitrogens is 2. The molecule has 0 fully saturated rings. The van der Waals surface area contributed by atoms with E-state index in [1.165, 1.54) is 0 Å². The first-order valence-electron chi connectivity index (χ1n) is 4.40. The van der Waals surface area contributed by atoms with Crippen molar-refractivity contribution < 1.29 is 8.42 Å². The summed E-state index contributed by atoms with van der Waals surface area (Å²) in [5.74, 6) is -0.190. The molecule has 15 heavy (non-hydrogen) atoms. The maximum absolute atomic E-state index is 11.0. The van der Waals surface area contributed by atoms with Crippen LogP contribution in [0.4, 0.5) is 0 Å². The molecule has 0 atom stereocenters. The van der Waals surface area contributed by atoms with E-state index in [1.807, 2.05) is 18.2 Å². The lowest BCUT2D eigenvalue weighted by Gasteiger charge is -2.00. The molecule has 80 valence electrons. The van der Waals surface area contributed by atoms with Gasteiger partial charge in [-0.3, -0.25) is 0 Å². The van der Waals surface area contributed by atoms with Crippen LogP contribution in [0.5, 0.6) is 0 Å². The van der Waals surface area contributed by atoms with Crippen molar-refractivity contribution in [2.75, 3.05) is 0 Å². The van der Waals surface area contributed by atoms with Crippen LogP contribution in [0.2, 0.25) is 0 Å². The highest BCUT2D eigenvalue weighted by Crippen LogP contribution is 2.13. The third-order valence-corrected chi connectivity index (χ3v) is 2.84. The lowest BCUT2D eigenvalue weighted by molar-refractivity contribution is 0.596. The molecule has 2 aromatic rings. The minimum atomic E-state index is -3.52. The number of rotatable bonds is 2. The molecule has 2 aromatic heterocycles. The van der Waals surface area contributed by atoms with Gasteiger partial charge in [0.25, 0.3) is 0 Å². The Balaban J connectivity index is 2.64. The molecule has 0 aliphatic heterocycles. The van der Waals surface area contributed by atoms with E-state index in [-0.39, 0.29) is 5.75 Å². The minimum absolute atomic E-state index is 0.190. The monoisotopic (exact) mass is 225 g/mol. The highest BCUT2D eigenvalue weighted by atomic mass is 32.2. The van der Waals surface area contributed by atoms with Crippen molar-refractivity contribution in [3.63, 3.8) is 0 Å². The topological polar surface area (TPSA) is 77.5 Å². The molecule has 0 unspecified atom stereocenters. The number of sulfonamides is 1. The van der Waals surface area contributed by atoms with E-state index in [9.17, 15) is 8.42 Å². The molecule has 0 radical (unpaired) electrons. The smallest absolute Gasteiger partial charge is 0.214 e. The normalized spacial score (nSPS) is 12.1. The fourth-order valence-electron chi connectivity index (χ4n) is 1.53. The summed E-state index contributed by atoms with van der Waals surface area (Å²) in [6.45, 7) is 1.77.